The second-order valence-corrected chi connectivity index (χ2v) is 8.54. The molecule has 2 saturated carbocycles. The first kappa shape index (κ1) is 18.1. The van der Waals surface area contributed by atoms with E-state index in [2.05, 4.69) is 4.98 Å². The van der Waals surface area contributed by atoms with E-state index in [0.29, 0.717) is 17.0 Å². The molecule has 2 aliphatic rings. The van der Waals surface area contributed by atoms with Gasteiger partial charge < -0.3 is 10.5 Å². The maximum Gasteiger partial charge on any atom is 0.138 e. The Morgan fingerprint density at radius 3 is 2.46 bits per heavy atom. The van der Waals surface area contributed by atoms with Gasteiger partial charge in [0.15, 0.2) is 0 Å². The lowest BCUT2D eigenvalue weighted by Crippen LogP contribution is -2.41. The predicted octanol–water partition coefficient (Wildman–Crippen LogP) is 5.73. The normalized spacial score (nSPS) is 25.9. The molecule has 1 aromatic carbocycles. The van der Waals surface area contributed by atoms with Gasteiger partial charge in [-0.3, -0.25) is 4.98 Å². The molecule has 0 bridgehead atoms. The molecule has 2 N–H and O–H groups in total. The van der Waals surface area contributed by atoms with Crippen LogP contribution in [0.25, 0.3) is 10.8 Å². The van der Waals surface area contributed by atoms with Crippen LogP contribution in [0.5, 0.6) is 5.75 Å². The van der Waals surface area contributed by atoms with Gasteiger partial charge in [0.1, 0.15) is 5.75 Å². The molecule has 140 valence electrons. The fourth-order valence-electron chi connectivity index (χ4n) is 4.85. The van der Waals surface area contributed by atoms with E-state index in [9.17, 15) is 0 Å². The minimum Gasteiger partial charge on any atom is -0.489 e. The van der Waals surface area contributed by atoms with Crippen LogP contribution < -0.4 is 10.5 Å². The summed E-state index contributed by atoms with van der Waals surface area (Å²) in [5.74, 6) is 2.20. The molecule has 3 nitrogen and oxygen atoms in total. The van der Waals surface area contributed by atoms with Crippen molar-refractivity contribution in [3.63, 3.8) is 0 Å². The maximum absolute atomic E-state index is 6.64. The van der Waals surface area contributed by atoms with Gasteiger partial charge in [0.25, 0.3) is 0 Å². The van der Waals surface area contributed by atoms with Crippen LogP contribution >= 0.6 is 11.6 Å². The average molecular weight is 373 g/mol. The molecule has 4 heteroatoms. The molecule has 2 aromatic rings. The van der Waals surface area contributed by atoms with E-state index < -0.39 is 0 Å². The molecule has 0 aliphatic heterocycles. The first-order valence-electron chi connectivity index (χ1n) is 10.2. The first-order chi connectivity index (χ1) is 12.7. The van der Waals surface area contributed by atoms with Gasteiger partial charge in [-0.2, -0.15) is 0 Å². The second-order valence-electron chi connectivity index (χ2n) is 8.14. The van der Waals surface area contributed by atoms with Crippen LogP contribution in [0.1, 0.15) is 57.8 Å². The summed E-state index contributed by atoms with van der Waals surface area (Å²) < 4.78 is 6.27. The number of nitrogens with two attached hydrogens (primary N) is 1. The van der Waals surface area contributed by atoms with Gasteiger partial charge in [-0.1, -0.05) is 30.9 Å². The quantitative estimate of drug-likeness (QED) is 0.745. The van der Waals surface area contributed by atoms with Gasteiger partial charge in [0.2, 0.25) is 0 Å². The van der Waals surface area contributed by atoms with E-state index >= 15 is 0 Å². The van der Waals surface area contributed by atoms with E-state index in [0.717, 1.165) is 35.3 Å². The summed E-state index contributed by atoms with van der Waals surface area (Å²) in [6.07, 6.45) is 15.2. The number of halogens is 1. The Morgan fingerprint density at radius 1 is 0.962 bits per heavy atom. The highest BCUT2D eigenvalue weighted by atomic mass is 35.5. The minimum atomic E-state index is 0.251. The van der Waals surface area contributed by atoms with Crippen LogP contribution in [0.4, 0.5) is 0 Å². The molecule has 0 spiro atoms. The van der Waals surface area contributed by atoms with Crippen LogP contribution in [0.2, 0.25) is 5.02 Å². The molecule has 26 heavy (non-hydrogen) atoms. The molecule has 0 saturated heterocycles. The molecule has 1 atom stereocenters. The van der Waals surface area contributed by atoms with E-state index in [4.69, 9.17) is 22.1 Å². The highest BCUT2D eigenvalue weighted by molar-refractivity contribution is 6.32. The van der Waals surface area contributed by atoms with Crippen molar-refractivity contribution >= 4 is 22.4 Å². The van der Waals surface area contributed by atoms with Crippen LogP contribution in [-0.2, 0) is 0 Å². The highest BCUT2D eigenvalue weighted by Gasteiger charge is 2.31. The molecule has 2 fully saturated rings. The monoisotopic (exact) mass is 372 g/mol. The van der Waals surface area contributed by atoms with Crippen molar-refractivity contribution in [1.29, 1.82) is 0 Å². The number of fused-ring (bicyclic) bond motifs is 1. The summed E-state index contributed by atoms with van der Waals surface area (Å²) in [6, 6.07) is 6.37. The average Bonchev–Trinajstić information content (AvgIpc) is 2.69. The smallest absolute Gasteiger partial charge is 0.138 e. The van der Waals surface area contributed by atoms with Crippen molar-refractivity contribution in [1.82, 2.24) is 4.98 Å². The summed E-state index contributed by atoms with van der Waals surface area (Å²) in [4.78, 5) is 4.15. The first-order valence-corrected chi connectivity index (χ1v) is 10.5. The fraction of sp³-hybridized carbons (Fsp3) is 0.591. The number of rotatable bonds is 4. The fourth-order valence-corrected chi connectivity index (χ4v) is 5.07. The Balaban J connectivity index is 1.36. The van der Waals surface area contributed by atoms with Crippen LogP contribution in [-0.4, -0.2) is 17.1 Å². The van der Waals surface area contributed by atoms with Crippen LogP contribution in [0.3, 0.4) is 0 Å². The van der Waals surface area contributed by atoms with Gasteiger partial charge in [-0.05, 0) is 73.9 Å². The number of pyridine rings is 1. The lowest BCUT2D eigenvalue weighted by atomic mass is 9.74. The lowest BCUT2D eigenvalue weighted by molar-refractivity contribution is 0.108. The summed E-state index contributed by atoms with van der Waals surface area (Å²) >= 11 is 6.43. The number of ether oxygens (including phenoxy) is 1. The molecule has 0 radical (unpaired) electrons. The van der Waals surface area contributed by atoms with Gasteiger partial charge in [-0.15, -0.1) is 0 Å². The topological polar surface area (TPSA) is 48.1 Å². The van der Waals surface area contributed by atoms with E-state index in [1.54, 1.807) is 6.20 Å². The Bertz CT molecular complexity index is 736. The Kier molecular flexibility index (Phi) is 5.66. The Labute approximate surface area is 161 Å². The zero-order chi connectivity index (χ0) is 17.9. The largest absolute Gasteiger partial charge is 0.489 e. The van der Waals surface area contributed by atoms with E-state index in [-0.39, 0.29) is 6.10 Å². The predicted molar refractivity (Wildman–Crippen MR) is 108 cm³/mol. The number of benzene rings is 1. The van der Waals surface area contributed by atoms with Gasteiger partial charge in [0, 0.05) is 23.8 Å². The van der Waals surface area contributed by atoms with Crippen molar-refractivity contribution in [3.8, 4) is 5.75 Å². The Hall–Kier alpha value is -1.32. The lowest BCUT2D eigenvalue weighted by Gasteiger charge is -2.37. The summed E-state index contributed by atoms with van der Waals surface area (Å²) in [5.41, 5.74) is 6.64. The zero-order valence-corrected chi connectivity index (χ0v) is 16.1. The SMILES string of the molecule is NC(C1CCCCC1)[C@H]1CC[C@@H](Oc2cc3ccncc3cc2Cl)CC1. The van der Waals surface area contributed by atoms with E-state index in [1.807, 2.05) is 24.4 Å². The molecule has 1 heterocycles. The van der Waals surface area contributed by atoms with Crippen LogP contribution in [0, 0.1) is 11.8 Å². The van der Waals surface area contributed by atoms with E-state index in [1.165, 1.54) is 44.9 Å². The third-order valence-corrected chi connectivity index (χ3v) is 6.74. The molecule has 0 amide bonds. The molecule has 4 rings (SSSR count). The zero-order valence-electron chi connectivity index (χ0n) is 15.4. The number of nitrogens with zero attached hydrogens (tertiary/aromatic N) is 1. The number of aromatic nitrogens is 1. The van der Waals surface area contributed by atoms with Gasteiger partial charge >= 0.3 is 0 Å². The highest BCUT2D eigenvalue weighted by Crippen LogP contribution is 2.37. The summed E-state index contributed by atoms with van der Waals surface area (Å²) in [6.45, 7) is 0. The van der Waals surface area contributed by atoms with Crippen molar-refractivity contribution in [2.45, 2.75) is 69.9 Å². The molecule has 1 unspecified atom stereocenters. The standard InChI is InChI=1S/C22H29ClN2O/c23-20-12-18-14-25-11-10-17(18)13-21(20)26-19-8-6-16(7-9-19)22(24)15-4-2-1-3-5-15/h10-16,19,22H,1-9,24H2/t16-,19+,22?. The van der Waals surface area contributed by atoms with Crippen molar-refractivity contribution in [2.24, 2.45) is 17.6 Å². The molecule has 1 aromatic heterocycles. The third kappa shape index (κ3) is 3.99. The summed E-state index contributed by atoms with van der Waals surface area (Å²) in [5, 5.41) is 2.84. The molecule has 2 aliphatic carbocycles. The van der Waals surface area contributed by atoms with Crippen molar-refractivity contribution < 1.29 is 4.74 Å². The summed E-state index contributed by atoms with van der Waals surface area (Å²) in [7, 11) is 0. The van der Waals surface area contributed by atoms with Crippen molar-refractivity contribution in [2.75, 3.05) is 0 Å². The van der Waals surface area contributed by atoms with Crippen molar-refractivity contribution in [3.05, 3.63) is 35.6 Å². The molecular weight excluding hydrogens is 344 g/mol. The second kappa shape index (κ2) is 8.14. The maximum atomic E-state index is 6.64. The van der Waals surface area contributed by atoms with Crippen LogP contribution in [0.15, 0.2) is 30.6 Å². The van der Waals surface area contributed by atoms with Gasteiger partial charge in [-0.25, -0.2) is 0 Å². The Morgan fingerprint density at radius 2 is 1.69 bits per heavy atom. The van der Waals surface area contributed by atoms with Gasteiger partial charge in [0.05, 0.1) is 11.1 Å². The number of hydrogen-bond donors (Lipinski definition) is 1. The third-order valence-electron chi connectivity index (χ3n) is 6.44. The number of hydrogen-bond acceptors (Lipinski definition) is 3. The molecular formula is C22H29ClN2O. The minimum absolute atomic E-state index is 0.251.